The van der Waals surface area contributed by atoms with Gasteiger partial charge in [0.15, 0.2) is 5.78 Å². The Morgan fingerprint density at radius 1 is 0.829 bits per heavy atom. The molecular formula is C30H36N2O3. The monoisotopic (exact) mass is 472 g/mol. The van der Waals surface area contributed by atoms with Crippen LogP contribution in [0.25, 0.3) is 21.8 Å². The molecule has 4 aromatic rings. The predicted octanol–water partition coefficient (Wildman–Crippen LogP) is 7.69. The smallest absolute Gasteiger partial charge is 0.331 e. The molecule has 0 amide bonds. The Hall–Kier alpha value is -3.73. The lowest BCUT2D eigenvalue weighted by Gasteiger charge is -2.06. The van der Waals surface area contributed by atoms with Gasteiger partial charge in [-0.15, -0.1) is 0 Å². The van der Waals surface area contributed by atoms with Crippen LogP contribution in [0.1, 0.15) is 75.5 Å². The maximum Gasteiger partial charge on any atom is 0.331 e. The summed E-state index contributed by atoms with van der Waals surface area (Å²) in [6.45, 7) is 16.0. The topological polar surface area (TPSA) is 60.7 Å². The molecule has 4 rings (SSSR count). The lowest BCUT2D eigenvalue weighted by molar-refractivity contribution is -0.140. The Bertz CT molecular complexity index is 1360. The molecule has 0 aliphatic rings. The fourth-order valence-electron chi connectivity index (χ4n) is 3.98. The molecule has 35 heavy (non-hydrogen) atoms. The molecule has 5 heteroatoms. The number of rotatable bonds is 5. The summed E-state index contributed by atoms with van der Waals surface area (Å²) in [6.07, 6.45) is 0. The summed E-state index contributed by atoms with van der Waals surface area (Å²) < 4.78 is 2.23. The molecule has 1 heterocycles. The molecule has 184 valence electrons. The van der Waals surface area contributed by atoms with Gasteiger partial charge < -0.3 is 9.40 Å². The van der Waals surface area contributed by atoms with E-state index in [-0.39, 0.29) is 5.78 Å². The molecule has 0 bridgehead atoms. The third kappa shape index (κ3) is 5.86. The van der Waals surface area contributed by atoms with Gasteiger partial charge in [0.25, 0.3) is 0 Å². The van der Waals surface area contributed by atoms with Gasteiger partial charge in [-0.25, -0.2) is 4.79 Å². The zero-order valence-electron chi connectivity index (χ0n) is 22.1. The van der Waals surface area contributed by atoms with Crippen molar-refractivity contribution in [3.63, 3.8) is 0 Å². The molecule has 0 spiro atoms. The van der Waals surface area contributed by atoms with E-state index in [0.717, 1.165) is 39.5 Å². The quantitative estimate of drug-likeness (QED) is 0.129. The summed E-state index contributed by atoms with van der Waals surface area (Å²) in [5.41, 5.74) is 5.97. The van der Waals surface area contributed by atoms with E-state index in [1.807, 2.05) is 95.3 Å². The van der Waals surface area contributed by atoms with Gasteiger partial charge in [0.2, 0.25) is 0 Å². The number of aromatic nitrogens is 1. The number of hydrogen-bond donors (Lipinski definition) is 0. The summed E-state index contributed by atoms with van der Waals surface area (Å²) in [5, 5.41) is 5.95. The molecule has 3 aromatic carbocycles. The van der Waals surface area contributed by atoms with E-state index >= 15 is 0 Å². The molecule has 0 atom stereocenters. The molecule has 1 aromatic heterocycles. The summed E-state index contributed by atoms with van der Waals surface area (Å²) in [4.78, 5) is 29.1. The normalized spacial score (nSPS) is 10.8. The van der Waals surface area contributed by atoms with Gasteiger partial charge in [0.1, 0.15) is 0 Å². The van der Waals surface area contributed by atoms with Crippen LogP contribution >= 0.6 is 0 Å². The van der Waals surface area contributed by atoms with Crippen molar-refractivity contribution in [1.29, 1.82) is 0 Å². The van der Waals surface area contributed by atoms with E-state index in [4.69, 9.17) is 4.84 Å². The number of oxime groups is 1. The molecule has 0 unspecified atom stereocenters. The average Bonchev–Trinajstić information content (AvgIpc) is 3.21. The highest BCUT2D eigenvalue weighted by Crippen LogP contribution is 2.31. The zero-order chi connectivity index (χ0) is 26.1. The minimum absolute atomic E-state index is 0.0150. The van der Waals surface area contributed by atoms with Crippen molar-refractivity contribution in [2.24, 2.45) is 5.16 Å². The molecule has 0 saturated heterocycles. The van der Waals surface area contributed by atoms with E-state index in [1.54, 1.807) is 6.92 Å². The maximum atomic E-state index is 13.2. The van der Waals surface area contributed by atoms with E-state index in [0.29, 0.717) is 16.8 Å². The summed E-state index contributed by atoms with van der Waals surface area (Å²) in [5.74, 6) is -0.441. The Balaban J connectivity index is 0.00000103. The number of ketones is 1. The highest BCUT2D eigenvalue weighted by atomic mass is 16.7. The Kier molecular flexibility index (Phi) is 9.95. The fraction of sp³-hybridized carbons (Fsp3) is 0.300. The van der Waals surface area contributed by atoms with Crippen LogP contribution < -0.4 is 0 Å². The van der Waals surface area contributed by atoms with Crippen molar-refractivity contribution in [3.05, 3.63) is 82.9 Å². The molecule has 0 aliphatic carbocycles. The van der Waals surface area contributed by atoms with Gasteiger partial charge in [-0.3, -0.25) is 4.79 Å². The van der Waals surface area contributed by atoms with E-state index in [9.17, 15) is 9.59 Å². The largest absolute Gasteiger partial charge is 0.341 e. The molecule has 0 saturated carbocycles. The number of aryl methyl sites for hydroxylation is 2. The fourth-order valence-corrected chi connectivity index (χ4v) is 3.98. The van der Waals surface area contributed by atoms with Crippen molar-refractivity contribution in [2.75, 3.05) is 0 Å². The number of hydrogen-bond acceptors (Lipinski definition) is 4. The van der Waals surface area contributed by atoms with Gasteiger partial charge in [-0.05, 0) is 62.2 Å². The van der Waals surface area contributed by atoms with Crippen LogP contribution in [-0.4, -0.2) is 22.0 Å². The highest BCUT2D eigenvalue weighted by Gasteiger charge is 2.16. The molecule has 0 fully saturated rings. The van der Waals surface area contributed by atoms with Crippen LogP contribution in [0.3, 0.4) is 0 Å². The minimum atomic E-state index is -0.456. The standard InChI is InChI=1S/C26H24N2O3.2C2H6/c1-5-28-24-12-10-19(17(3)27-31-18(4)29)14-22(24)23-15-20(11-13-25(23)28)26(30)21-9-7-6-8-16(21)2;2*1-2/h6-15H,5H2,1-4H3;2*1-2H3/b27-17+;;. The van der Waals surface area contributed by atoms with E-state index in [1.165, 1.54) is 6.92 Å². The summed E-state index contributed by atoms with van der Waals surface area (Å²) in [7, 11) is 0. The lowest BCUT2D eigenvalue weighted by Crippen LogP contribution is -2.03. The minimum Gasteiger partial charge on any atom is -0.341 e. The van der Waals surface area contributed by atoms with Crippen molar-refractivity contribution < 1.29 is 14.4 Å². The number of benzene rings is 3. The second-order valence-corrected chi connectivity index (χ2v) is 7.61. The second kappa shape index (κ2) is 12.7. The zero-order valence-corrected chi connectivity index (χ0v) is 22.1. The molecule has 5 nitrogen and oxygen atoms in total. The Morgan fingerprint density at radius 2 is 1.37 bits per heavy atom. The maximum absolute atomic E-state index is 13.2. The average molecular weight is 473 g/mol. The molecule has 0 radical (unpaired) electrons. The van der Waals surface area contributed by atoms with Gasteiger partial charge in [-0.1, -0.05) is 63.2 Å². The van der Waals surface area contributed by atoms with Crippen molar-refractivity contribution in [1.82, 2.24) is 4.57 Å². The van der Waals surface area contributed by atoms with Gasteiger partial charge >= 0.3 is 5.97 Å². The Labute approximate surface area is 208 Å². The van der Waals surface area contributed by atoms with E-state index in [2.05, 4.69) is 16.6 Å². The Morgan fingerprint density at radius 3 is 1.91 bits per heavy atom. The van der Waals surface area contributed by atoms with E-state index < -0.39 is 5.97 Å². The first-order chi connectivity index (χ1) is 16.9. The number of carbonyl (C=O) groups is 2. The summed E-state index contributed by atoms with van der Waals surface area (Å²) in [6, 6.07) is 19.6. The lowest BCUT2D eigenvalue weighted by atomic mass is 9.97. The van der Waals surface area contributed by atoms with Crippen molar-refractivity contribution in [2.45, 2.75) is 61.9 Å². The first-order valence-electron chi connectivity index (χ1n) is 12.3. The highest BCUT2D eigenvalue weighted by molar-refractivity contribution is 6.16. The molecular weight excluding hydrogens is 436 g/mol. The van der Waals surface area contributed by atoms with Crippen LogP contribution in [0.2, 0.25) is 0 Å². The SMILES string of the molecule is CC.CC.CCn1c2ccc(C(=O)c3ccccc3C)cc2c2cc(/C(C)=N/OC(C)=O)ccc21. The van der Waals surface area contributed by atoms with Crippen LogP contribution in [-0.2, 0) is 16.2 Å². The number of carbonyl (C=O) groups excluding carboxylic acids is 2. The van der Waals surface area contributed by atoms with Crippen LogP contribution in [0.4, 0.5) is 0 Å². The molecule has 0 aliphatic heterocycles. The third-order valence-corrected chi connectivity index (χ3v) is 5.56. The van der Waals surface area contributed by atoms with Crippen LogP contribution in [0.5, 0.6) is 0 Å². The van der Waals surface area contributed by atoms with Crippen molar-refractivity contribution in [3.8, 4) is 0 Å². The first kappa shape index (κ1) is 27.5. The van der Waals surface area contributed by atoms with Crippen molar-refractivity contribution >= 4 is 39.3 Å². The van der Waals surface area contributed by atoms with Gasteiger partial charge in [0, 0.05) is 46.4 Å². The van der Waals surface area contributed by atoms with Crippen LogP contribution in [0, 0.1) is 6.92 Å². The number of nitrogens with zero attached hydrogens (tertiary/aromatic N) is 2. The van der Waals surface area contributed by atoms with Gasteiger partial charge in [0.05, 0.1) is 5.71 Å². The van der Waals surface area contributed by atoms with Crippen LogP contribution in [0.15, 0.2) is 65.8 Å². The first-order valence-corrected chi connectivity index (χ1v) is 12.3. The predicted molar refractivity (Wildman–Crippen MR) is 146 cm³/mol. The van der Waals surface area contributed by atoms with Gasteiger partial charge in [-0.2, -0.15) is 0 Å². The molecule has 0 N–H and O–H groups in total. The summed E-state index contributed by atoms with van der Waals surface area (Å²) >= 11 is 0. The third-order valence-electron chi connectivity index (χ3n) is 5.56. The second-order valence-electron chi connectivity index (χ2n) is 7.61. The number of fused-ring (bicyclic) bond motifs is 3.